The molecule has 0 unspecified atom stereocenters. The quantitative estimate of drug-likeness (QED) is 0.164. The molecule has 0 aliphatic heterocycles. The van der Waals surface area contributed by atoms with Crippen molar-refractivity contribution in [2.24, 2.45) is 0 Å². The Labute approximate surface area is 317 Å². The first-order valence-corrected chi connectivity index (χ1v) is 18.7. The zero-order chi connectivity index (χ0) is 36.5. The molecule has 0 aliphatic rings. The largest absolute Gasteiger partial charge is 0.338 e. The minimum atomic E-state index is -0.0930. The van der Waals surface area contributed by atoms with Gasteiger partial charge in [-0.15, -0.1) is 0 Å². The van der Waals surface area contributed by atoms with Crippen LogP contribution in [-0.2, 0) is 0 Å². The fraction of sp³-hybridized carbons (Fsp3) is 0. The average molecular weight is 704 g/mol. The lowest BCUT2D eigenvalue weighted by Gasteiger charge is -2.18. The van der Waals surface area contributed by atoms with E-state index in [9.17, 15) is 4.79 Å². The second-order valence-electron chi connectivity index (χ2n) is 14.1. The Morgan fingerprint density at radius 3 is 0.982 bits per heavy atom. The van der Waals surface area contributed by atoms with Crippen molar-refractivity contribution < 1.29 is 0 Å². The molecular formula is C51H33N3O. The molecule has 0 saturated heterocycles. The van der Waals surface area contributed by atoms with Gasteiger partial charge >= 0.3 is 5.69 Å². The molecule has 258 valence electrons. The zero-order valence-corrected chi connectivity index (χ0v) is 29.8. The number of aromatic nitrogens is 3. The fourth-order valence-corrected chi connectivity index (χ4v) is 8.73. The van der Waals surface area contributed by atoms with Crippen molar-refractivity contribution in [3.05, 3.63) is 211 Å². The third-order valence-corrected chi connectivity index (χ3v) is 11.1. The summed E-state index contributed by atoms with van der Waals surface area (Å²) in [5.74, 6) is 0. The second-order valence-corrected chi connectivity index (χ2v) is 14.1. The highest BCUT2D eigenvalue weighted by Gasteiger charge is 2.19. The molecule has 4 nitrogen and oxygen atoms in total. The van der Waals surface area contributed by atoms with Crippen LogP contribution in [0.5, 0.6) is 0 Å². The molecular weight excluding hydrogens is 671 g/mol. The van der Waals surface area contributed by atoms with E-state index in [1.165, 1.54) is 60.0 Å². The normalized spacial score (nSPS) is 11.7. The molecule has 0 aliphatic carbocycles. The van der Waals surface area contributed by atoms with Crippen LogP contribution in [-0.4, -0.2) is 13.7 Å². The summed E-state index contributed by atoms with van der Waals surface area (Å²) in [7, 11) is 0. The summed E-state index contributed by atoms with van der Waals surface area (Å²) in [5, 5.41) is 7.29. The molecule has 4 heteroatoms. The number of hydrogen-bond donors (Lipinski definition) is 0. The summed E-state index contributed by atoms with van der Waals surface area (Å²) < 4.78 is 5.97. The Balaban J connectivity index is 1.06. The van der Waals surface area contributed by atoms with E-state index in [0.717, 1.165) is 33.7 Å². The Bertz CT molecular complexity index is 3200. The smallest absolute Gasteiger partial charge is 0.309 e. The molecule has 0 bridgehead atoms. The molecule has 0 radical (unpaired) electrons. The highest BCUT2D eigenvalue weighted by molar-refractivity contribution is 6.21. The van der Waals surface area contributed by atoms with Crippen LogP contribution in [0.25, 0.3) is 93.7 Å². The van der Waals surface area contributed by atoms with Gasteiger partial charge in [-0.25, -0.2) is 4.79 Å². The van der Waals surface area contributed by atoms with Gasteiger partial charge in [0.1, 0.15) is 0 Å². The maximum Gasteiger partial charge on any atom is 0.338 e. The topological polar surface area (TPSA) is 31.9 Å². The predicted octanol–water partition coefficient (Wildman–Crippen LogP) is 12.5. The zero-order valence-electron chi connectivity index (χ0n) is 29.8. The third kappa shape index (κ3) is 4.75. The van der Waals surface area contributed by atoms with Crippen molar-refractivity contribution in [2.45, 2.75) is 0 Å². The Morgan fingerprint density at radius 2 is 0.564 bits per heavy atom. The van der Waals surface area contributed by atoms with Gasteiger partial charge in [0.15, 0.2) is 0 Å². The van der Waals surface area contributed by atoms with Crippen molar-refractivity contribution in [2.75, 3.05) is 0 Å². The van der Waals surface area contributed by atoms with Gasteiger partial charge < -0.3 is 4.57 Å². The molecule has 0 saturated carbocycles. The molecule has 0 fully saturated rings. The maximum atomic E-state index is 14.1. The third-order valence-electron chi connectivity index (χ3n) is 11.1. The van der Waals surface area contributed by atoms with E-state index in [2.05, 4.69) is 150 Å². The maximum absolute atomic E-state index is 14.1. The summed E-state index contributed by atoms with van der Waals surface area (Å²) in [6.07, 6.45) is 0. The number of imidazole rings is 1. The van der Waals surface area contributed by atoms with Crippen LogP contribution in [0.15, 0.2) is 205 Å². The number of benzene rings is 9. The highest BCUT2D eigenvalue weighted by Crippen LogP contribution is 2.44. The lowest BCUT2D eigenvalue weighted by molar-refractivity contribution is 0.931. The van der Waals surface area contributed by atoms with E-state index < -0.39 is 0 Å². The van der Waals surface area contributed by atoms with Gasteiger partial charge in [-0.05, 0) is 104 Å². The molecule has 55 heavy (non-hydrogen) atoms. The van der Waals surface area contributed by atoms with E-state index in [4.69, 9.17) is 0 Å². The number of para-hydroxylation sites is 5. The first kappa shape index (κ1) is 31.1. The summed E-state index contributed by atoms with van der Waals surface area (Å²) >= 11 is 0. The molecule has 11 rings (SSSR count). The molecule has 9 aromatic carbocycles. The van der Waals surface area contributed by atoms with Gasteiger partial charge in [-0.3, -0.25) is 9.13 Å². The van der Waals surface area contributed by atoms with E-state index in [1.807, 2.05) is 59.2 Å². The molecule has 2 heterocycles. The monoisotopic (exact) mass is 703 g/mol. The average Bonchev–Trinajstić information content (AvgIpc) is 3.74. The highest BCUT2D eigenvalue weighted by atomic mass is 16.1. The minimum Gasteiger partial charge on any atom is -0.309 e. The van der Waals surface area contributed by atoms with Gasteiger partial charge in [0, 0.05) is 16.5 Å². The Morgan fingerprint density at radius 1 is 0.255 bits per heavy atom. The van der Waals surface area contributed by atoms with Crippen LogP contribution in [0.2, 0.25) is 0 Å². The van der Waals surface area contributed by atoms with Gasteiger partial charge in [0.05, 0.1) is 33.4 Å². The van der Waals surface area contributed by atoms with Crippen molar-refractivity contribution >= 4 is 54.4 Å². The van der Waals surface area contributed by atoms with Crippen LogP contribution in [0.4, 0.5) is 0 Å². The van der Waals surface area contributed by atoms with Gasteiger partial charge in [0.2, 0.25) is 0 Å². The molecule has 0 spiro atoms. The number of nitrogens with zero attached hydrogens (tertiary/aromatic N) is 3. The number of fused-ring (bicyclic) bond motifs is 6. The van der Waals surface area contributed by atoms with Gasteiger partial charge in [0.25, 0.3) is 0 Å². The second kappa shape index (κ2) is 12.3. The van der Waals surface area contributed by atoms with E-state index >= 15 is 0 Å². The van der Waals surface area contributed by atoms with Crippen LogP contribution < -0.4 is 5.69 Å². The Hall–Kier alpha value is -7.43. The van der Waals surface area contributed by atoms with Gasteiger partial charge in [-0.2, -0.15) is 0 Å². The number of rotatable bonds is 5. The SMILES string of the molecule is O=c1n(-c2ccccc2)c2ccccc2n1-c1ccc(-c2c3ccccc3c(-c3ccc(-n4c5ccccc5c5ccccc54)cc3)c3ccccc23)cc1. The molecule has 0 atom stereocenters. The summed E-state index contributed by atoms with van der Waals surface area (Å²) in [4.78, 5) is 14.1. The molecule has 11 aromatic rings. The van der Waals surface area contributed by atoms with Gasteiger partial charge in [-0.1, -0.05) is 140 Å². The first-order valence-electron chi connectivity index (χ1n) is 18.7. The lowest BCUT2D eigenvalue weighted by atomic mass is 9.86. The first-order chi connectivity index (χ1) is 27.2. The van der Waals surface area contributed by atoms with E-state index in [0.29, 0.717) is 0 Å². The number of hydrogen-bond acceptors (Lipinski definition) is 1. The summed E-state index contributed by atoms with van der Waals surface area (Å²) in [6, 6.07) is 70.1. The predicted molar refractivity (Wildman–Crippen MR) is 229 cm³/mol. The van der Waals surface area contributed by atoms with Crippen LogP contribution >= 0.6 is 0 Å². The minimum absolute atomic E-state index is 0.0930. The summed E-state index contributed by atoms with van der Waals surface area (Å²) in [6.45, 7) is 0. The molecule has 0 amide bonds. The van der Waals surface area contributed by atoms with Crippen molar-refractivity contribution in [3.8, 4) is 39.3 Å². The van der Waals surface area contributed by atoms with Crippen molar-refractivity contribution in [1.29, 1.82) is 0 Å². The van der Waals surface area contributed by atoms with Crippen LogP contribution in [0.1, 0.15) is 0 Å². The lowest BCUT2D eigenvalue weighted by Crippen LogP contribution is -2.22. The summed E-state index contributed by atoms with van der Waals surface area (Å²) in [5.41, 5.74) is 11.5. The molecule has 0 N–H and O–H groups in total. The standard InChI is InChI=1S/C51H33N3O/c55-51-53(36-14-2-1-3-15-36)47-24-12-13-25-48(47)54(51)38-32-28-35(29-33-38)50-43-20-6-4-18-41(43)49(42-19-5-7-21-44(42)50)34-26-30-37(31-27-34)52-45-22-10-8-16-39(45)40-17-9-11-23-46(40)52/h1-33H. The van der Waals surface area contributed by atoms with E-state index in [-0.39, 0.29) is 5.69 Å². The van der Waals surface area contributed by atoms with Crippen molar-refractivity contribution in [3.63, 3.8) is 0 Å². The Kier molecular flexibility index (Phi) is 6.98. The van der Waals surface area contributed by atoms with Crippen LogP contribution in [0, 0.1) is 0 Å². The fourth-order valence-electron chi connectivity index (χ4n) is 8.73. The van der Waals surface area contributed by atoms with Crippen LogP contribution in [0.3, 0.4) is 0 Å². The van der Waals surface area contributed by atoms with E-state index in [1.54, 1.807) is 4.57 Å². The molecule has 2 aromatic heterocycles. The van der Waals surface area contributed by atoms with Crippen molar-refractivity contribution in [1.82, 2.24) is 13.7 Å².